The van der Waals surface area contributed by atoms with Gasteiger partial charge in [-0.05, 0) is 18.2 Å². The number of rotatable bonds is 5. The van der Waals surface area contributed by atoms with Gasteiger partial charge in [0.2, 0.25) is 0 Å². The Morgan fingerprint density at radius 2 is 0.621 bits per heavy atom. The average Bonchev–Trinajstić information content (AvgIpc) is 3.92. The van der Waals surface area contributed by atoms with Crippen molar-refractivity contribution in [1.82, 2.24) is 4.57 Å². The third-order valence-corrected chi connectivity index (χ3v) is 16.3. The van der Waals surface area contributed by atoms with Crippen LogP contribution in [0.5, 0.6) is 0 Å². The van der Waals surface area contributed by atoms with Crippen molar-refractivity contribution >= 4 is 98.7 Å². The van der Waals surface area contributed by atoms with Gasteiger partial charge in [0.1, 0.15) is 0 Å². The van der Waals surface area contributed by atoms with E-state index >= 15 is 0 Å². The number of benzene rings is 12. The average molecular weight is 901 g/mol. The van der Waals surface area contributed by atoms with E-state index < -0.39 is 0 Å². The first-order chi connectivity index (χ1) is 32.8. The molecule has 0 saturated carbocycles. The summed E-state index contributed by atoms with van der Waals surface area (Å²) < 4.78 is 5.31. The second-order valence-corrected chi connectivity index (χ2v) is 19.8. The van der Waals surface area contributed by atoms with Crippen molar-refractivity contribution in [2.24, 2.45) is 0 Å². The molecule has 66 heavy (non-hydrogen) atoms. The van der Waals surface area contributed by atoms with Crippen LogP contribution in [0, 0.1) is 0 Å². The summed E-state index contributed by atoms with van der Waals surface area (Å²) in [4.78, 5) is 0. The molecule has 306 valence electrons. The van der Waals surface area contributed by atoms with Crippen LogP contribution in [0.3, 0.4) is 0 Å². The van der Waals surface area contributed by atoms with Crippen LogP contribution in [-0.4, -0.2) is 19.1 Å². The molecule has 0 atom stereocenters. The van der Waals surface area contributed by atoms with Crippen LogP contribution in [0.2, 0.25) is 0 Å². The molecule has 0 radical (unpaired) electrons. The van der Waals surface area contributed by atoms with Crippen LogP contribution in [0.4, 0.5) is 0 Å². The first kappa shape index (κ1) is 37.4. The van der Waals surface area contributed by atoms with E-state index in [0.29, 0.717) is 0 Å². The molecule has 0 unspecified atom stereocenters. The fourth-order valence-corrected chi connectivity index (χ4v) is 13.5. The number of nitrogens with zero attached hydrogens (tertiary/aromatic N) is 1. The maximum absolute atomic E-state index is 2.51. The first-order valence-corrected chi connectivity index (χ1v) is 24.5. The molecule has 2 heteroatoms. The second-order valence-electron chi connectivity index (χ2n) is 17.5. The van der Waals surface area contributed by atoms with E-state index in [1.807, 2.05) is 0 Å². The van der Waals surface area contributed by atoms with Gasteiger partial charge < -0.3 is 0 Å². The third kappa shape index (κ3) is 5.60. The fraction of sp³-hybridized carbons (Fsp3) is 0. The number of fused-ring (bicyclic) bond motifs is 10. The summed E-state index contributed by atoms with van der Waals surface area (Å²) in [5.74, 6) is 0. The Labute approximate surface area is 387 Å². The van der Waals surface area contributed by atoms with Crippen LogP contribution in [-0.2, 0) is 0 Å². The van der Waals surface area contributed by atoms with E-state index in [4.69, 9.17) is 0 Å². The van der Waals surface area contributed by atoms with E-state index in [-0.39, 0.29) is 14.5 Å². The van der Waals surface area contributed by atoms with Gasteiger partial charge in [0, 0.05) is 0 Å². The monoisotopic (exact) mass is 901 g/mol. The fourth-order valence-electron chi connectivity index (χ4n) is 11.2. The minimum absolute atomic E-state index is 0.179. The molecule has 1 nitrogen and oxygen atoms in total. The molecule has 0 aliphatic rings. The quantitative estimate of drug-likeness (QED) is 0.120. The molecule has 2 aromatic heterocycles. The molecule has 0 spiro atoms. The molecule has 0 saturated heterocycles. The molecule has 14 aromatic rings. The van der Waals surface area contributed by atoms with E-state index in [1.165, 1.54) is 134 Å². The molecule has 0 fully saturated rings. The van der Waals surface area contributed by atoms with Crippen molar-refractivity contribution in [3.8, 4) is 50.2 Å². The van der Waals surface area contributed by atoms with E-state index in [0.717, 1.165) is 0 Å². The summed E-state index contributed by atoms with van der Waals surface area (Å²) in [5.41, 5.74) is 13.8. The van der Waals surface area contributed by atoms with Gasteiger partial charge in [0.15, 0.2) is 0 Å². The van der Waals surface area contributed by atoms with Crippen LogP contribution in [0.15, 0.2) is 237 Å². The van der Waals surface area contributed by atoms with Gasteiger partial charge >= 0.3 is 335 Å². The molecular weight excluding hydrogens is 862 g/mol. The zero-order valence-corrected chi connectivity index (χ0v) is 37.6. The Morgan fingerprint density at radius 1 is 0.227 bits per heavy atom. The van der Waals surface area contributed by atoms with Crippen molar-refractivity contribution in [3.05, 3.63) is 237 Å². The molecule has 2 heterocycles. The zero-order valence-electron chi connectivity index (χ0n) is 35.9. The van der Waals surface area contributed by atoms with Gasteiger partial charge in [-0.15, -0.1) is 0 Å². The Bertz CT molecular complexity index is 4160. The third-order valence-electron chi connectivity index (χ3n) is 14.0. The molecule has 0 amide bonds. The van der Waals surface area contributed by atoms with Crippen molar-refractivity contribution in [3.63, 3.8) is 0 Å². The van der Waals surface area contributed by atoms with Gasteiger partial charge in [0.25, 0.3) is 0 Å². The van der Waals surface area contributed by atoms with Crippen LogP contribution in [0.1, 0.15) is 0 Å². The summed E-state index contributed by atoms with van der Waals surface area (Å²) in [7, 11) is 0. The molecular formula is C64H39NSe. The van der Waals surface area contributed by atoms with Gasteiger partial charge in [-0.3, -0.25) is 0 Å². The molecule has 0 bridgehead atoms. The van der Waals surface area contributed by atoms with Crippen molar-refractivity contribution < 1.29 is 0 Å². The second kappa shape index (κ2) is 14.8. The SMILES string of the molecule is c1ccc(-c2c3ccccc3c(-c3ccc4[se]c5cc(-c6c7ccccc7c(-c7ccc8c9ccccc9n(-c9ccccc9)c8c7)c7ccccc67)ccc5c4c3)c3ccccc23)cc1. The summed E-state index contributed by atoms with van der Waals surface area (Å²) in [6, 6.07) is 88.1. The van der Waals surface area contributed by atoms with Crippen LogP contribution < -0.4 is 0 Å². The van der Waals surface area contributed by atoms with Gasteiger partial charge in [-0.25, -0.2) is 0 Å². The number of hydrogen-bond acceptors (Lipinski definition) is 0. The number of para-hydroxylation sites is 2. The Kier molecular flexibility index (Phi) is 8.37. The Hall–Kier alpha value is -8.00. The van der Waals surface area contributed by atoms with Gasteiger partial charge in [0.05, 0.1) is 0 Å². The van der Waals surface area contributed by atoms with Gasteiger partial charge in [-0.1, -0.05) is 36.4 Å². The van der Waals surface area contributed by atoms with E-state index in [1.54, 1.807) is 0 Å². The normalized spacial score (nSPS) is 11.9. The molecule has 0 aliphatic carbocycles. The van der Waals surface area contributed by atoms with Gasteiger partial charge in [-0.2, -0.15) is 0 Å². The van der Waals surface area contributed by atoms with Crippen molar-refractivity contribution in [1.29, 1.82) is 0 Å². The predicted molar refractivity (Wildman–Crippen MR) is 285 cm³/mol. The molecule has 12 aromatic carbocycles. The summed E-state index contributed by atoms with van der Waals surface area (Å²) in [5, 5.41) is 15.5. The topological polar surface area (TPSA) is 4.93 Å². The molecule has 0 aliphatic heterocycles. The first-order valence-electron chi connectivity index (χ1n) is 22.8. The number of aromatic nitrogens is 1. The molecule has 0 N–H and O–H groups in total. The molecule has 14 rings (SSSR count). The van der Waals surface area contributed by atoms with Crippen molar-refractivity contribution in [2.75, 3.05) is 0 Å². The maximum atomic E-state index is 2.51. The zero-order chi connectivity index (χ0) is 43.3. The van der Waals surface area contributed by atoms with E-state index in [9.17, 15) is 0 Å². The van der Waals surface area contributed by atoms with E-state index in [2.05, 4.69) is 241 Å². The summed E-state index contributed by atoms with van der Waals surface area (Å²) >= 11 is 0.179. The Balaban J connectivity index is 0.949. The summed E-state index contributed by atoms with van der Waals surface area (Å²) in [6.07, 6.45) is 0. The summed E-state index contributed by atoms with van der Waals surface area (Å²) in [6.45, 7) is 0. The minimum atomic E-state index is 0.179. The van der Waals surface area contributed by atoms with Crippen LogP contribution >= 0.6 is 0 Å². The number of hydrogen-bond donors (Lipinski definition) is 0. The predicted octanol–water partition coefficient (Wildman–Crippen LogP) is 17.4. The Morgan fingerprint density at radius 3 is 1.17 bits per heavy atom. The van der Waals surface area contributed by atoms with Crippen molar-refractivity contribution in [2.45, 2.75) is 0 Å². The standard InChI is InChI=1S/C64H39NSe/c1-3-17-40(18-4-1)61-48-22-7-9-24-50(48)62(51-25-10-8-23-49(51)61)41-33-36-59-56(37-41)47-35-32-43(39-60(47)66-59)64-54-28-13-11-26-52(54)63(53-27-12-14-29-55(53)64)42-31-34-46-45-21-15-16-30-57(45)65(58(46)38-42)44-19-5-2-6-20-44/h1-39H. The van der Waals surface area contributed by atoms with Crippen LogP contribution in [0.25, 0.3) is 134 Å².